The Hall–Kier alpha value is -2.54. The quantitative estimate of drug-likeness (QED) is 0.407. The summed E-state index contributed by atoms with van der Waals surface area (Å²) in [5.41, 5.74) is 3.24. The van der Waals surface area contributed by atoms with Gasteiger partial charge >= 0.3 is 0 Å². The van der Waals surface area contributed by atoms with Crippen LogP contribution >= 0.6 is 11.8 Å². The Bertz CT molecular complexity index is 823. The van der Waals surface area contributed by atoms with Crippen LogP contribution in [0.1, 0.15) is 36.5 Å². The normalized spacial score (nSPS) is 10.9. The summed E-state index contributed by atoms with van der Waals surface area (Å²) in [6.07, 6.45) is 3.79. The molecule has 2 aromatic carbocycles. The fraction of sp³-hybridized carbons (Fsp3) is 0.350. The number of aromatic amines is 1. The van der Waals surface area contributed by atoms with E-state index >= 15 is 0 Å². The first-order valence-electron chi connectivity index (χ1n) is 9.06. The van der Waals surface area contributed by atoms with Gasteiger partial charge in [0.15, 0.2) is 0 Å². The third-order valence-corrected chi connectivity index (χ3v) is 5.07. The third-order valence-electron chi connectivity index (χ3n) is 4.13. The number of hydrogen-bond acceptors (Lipinski definition) is 6. The summed E-state index contributed by atoms with van der Waals surface area (Å²) < 4.78 is 5.93. The van der Waals surface area contributed by atoms with Gasteiger partial charge in [0.2, 0.25) is 5.16 Å². The lowest BCUT2D eigenvalue weighted by Crippen LogP contribution is -1.99. The molecule has 3 rings (SSSR count). The van der Waals surface area contributed by atoms with Crippen LogP contribution in [0.15, 0.2) is 41.6 Å². The number of tetrazole rings is 1. The minimum absolute atomic E-state index is 0.184. The number of aromatic nitrogens is 4. The summed E-state index contributed by atoms with van der Waals surface area (Å²) in [6.45, 7) is 2.56. The maximum Gasteiger partial charge on any atom is 0.206 e. The van der Waals surface area contributed by atoms with Gasteiger partial charge < -0.3 is 9.84 Å². The van der Waals surface area contributed by atoms with Gasteiger partial charge in [-0.3, -0.25) is 0 Å². The van der Waals surface area contributed by atoms with Gasteiger partial charge in [0.05, 0.1) is 0 Å². The summed E-state index contributed by atoms with van der Waals surface area (Å²) in [5.74, 6) is 1.89. The Balaban J connectivity index is 1.47. The number of rotatable bonds is 10. The van der Waals surface area contributed by atoms with Crippen LogP contribution in [-0.2, 0) is 19.4 Å². The Morgan fingerprint density at radius 1 is 1.15 bits per heavy atom. The lowest BCUT2D eigenvalue weighted by Gasteiger charge is -2.12. The number of nitrogens with one attached hydrogen (secondary N) is 1. The van der Waals surface area contributed by atoms with Crippen molar-refractivity contribution in [1.29, 1.82) is 0 Å². The molecule has 0 amide bonds. The Morgan fingerprint density at radius 2 is 1.96 bits per heavy atom. The molecule has 0 atom stereocenters. The zero-order valence-electron chi connectivity index (χ0n) is 15.3. The zero-order chi connectivity index (χ0) is 18.9. The van der Waals surface area contributed by atoms with Gasteiger partial charge in [-0.1, -0.05) is 49.4 Å². The number of thioether (sulfide) groups is 1. The molecule has 6 nitrogen and oxygen atoms in total. The molecule has 0 fully saturated rings. The van der Waals surface area contributed by atoms with E-state index < -0.39 is 0 Å². The predicted octanol–water partition coefficient (Wildman–Crippen LogP) is 3.96. The van der Waals surface area contributed by atoms with Crippen molar-refractivity contribution in [1.82, 2.24) is 20.6 Å². The monoisotopic (exact) mass is 383 g/mol. The van der Waals surface area contributed by atoms with E-state index in [1.54, 1.807) is 17.8 Å². The van der Waals surface area contributed by atoms with Gasteiger partial charge in [0.1, 0.15) is 18.1 Å². The van der Waals surface area contributed by atoms with Crippen LogP contribution in [0.2, 0.25) is 0 Å². The molecule has 0 aliphatic carbocycles. The molecule has 0 aliphatic heterocycles. The molecule has 2 N–H and O–H groups in total. The number of nitrogens with zero attached hydrogens (tertiary/aromatic N) is 3. The molecule has 0 spiro atoms. The first kappa shape index (κ1) is 19.2. The Morgan fingerprint density at radius 3 is 2.70 bits per heavy atom. The van der Waals surface area contributed by atoms with Gasteiger partial charge in [0.25, 0.3) is 0 Å². The third kappa shape index (κ3) is 5.72. The molecule has 0 saturated heterocycles. The molecular weight excluding hydrogens is 360 g/mol. The standard InChI is InChI=1S/C20H23N4O2S/c1-2-5-17-18(25)7-3-8-19(17)26-14-16-11-9-15(10-12-16)6-4-13-27-20-21-23-24-22-20/h3,8-12,25H,2,4-6,13-14H2,1H3,(H,21,22,23,24). The molecule has 1 radical (unpaired) electrons. The SMILES string of the molecule is CCCc1c(O)[c]ccc1OCc1ccc(CCCSc2nnn[nH]2)cc1. The highest BCUT2D eigenvalue weighted by Crippen LogP contribution is 2.29. The van der Waals surface area contributed by atoms with Crippen molar-refractivity contribution in [3.63, 3.8) is 0 Å². The topological polar surface area (TPSA) is 83.9 Å². The molecule has 0 aliphatic rings. The number of phenols is 1. The van der Waals surface area contributed by atoms with Gasteiger partial charge in [-0.15, -0.1) is 5.10 Å². The van der Waals surface area contributed by atoms with E-state index in [0.717, 1.165) is 53.5 Å². The van der Waals surface area contributed by atoms with Gasteiger partial charge in [0, 0.05) is 17.4 Å². The van der Waals surface area contributed by atoms with Crippen molar-refractivity contribution in [3.05, 3.63) is 59.2 Å². The fourth-order valence-electron chi connectivity index (χ4n) is 2.75. The number of aromatic hydroxyl groups is 1. The Labute approximate surface area is 163 Å². The van der Waals surface area contributed by atoms with Crippen LogP contribution < -0.4 is 4.74 Å². The lowest BCUT2D eigenvalue weighted by atomic mass is 10.1. The highest BCUT2D eigenvalue weighted by atomic mass is 32.2. The van der Waals surface area contributed by atoms with E-state index in [0.29, 0.717) is 6.61 Å². The zero-order valence-corrected chi connectivity index (χ0v) is 16.1. The smallest absolute Gasteiger partial charge is 0.206 e. The van der Waals surface area contributed by atoms with Crippen molar-refractivity contribution in [2.24, 2.45) is 0 Å². The van der Waals surface area contributed by atoms with E-state index in [4.69, 9.17) is 4.74 Å². The minimum Gasteiger partial charge on any atom is -0.507 e. The van der Waals surface area contributed by atoms with Crippen LogP contribution in [0, 0.1) is 6.07 Å². The van der Waals surface area contributed by atoms with Crippen molar-refractivity contribution in [2.45, 2.75) is 44.4 Å². The van der Waals surface area contributed by atoms with Crippen molar-refractivity contribution >= 4 is 11.8 Å². The molecule has 27 heavy (non-hydrogen) atoms. The van der Waals surface area contributed by atoms with Crippen LogP contribution in [0.3, 0.4) is 0 Å². The highest BCUT2D eigenvalue weighted by molar-refractivity contribution is 7.99. The Kier molecular flexibility index (Phi) is 7.10. The second-order valence-corrected chi connectivity index (χ2v) is 7.27. The number of H-pyrrole nitrogens is 1. The van der Waals surface area contributed by atoms with Gasteiger partial charge in [-0.25, -0.2) is 5.10 Å². The molecule has 0 bridgehead atoms. The predicted molar refractivity (Wildman–Crippen MR) is 105 cm³/mol. The average Bonchev–Trinajstić information content (AvgIpc) is 3.20. The summed E-state index contributed by atoms with van der Waals surface area (Å²) >= 11 is 1.63. The van der Waals surface area contributed by atoms with Crippen LogP contribution in [0.5, 0.6) is 11.5 Å². The molecule has 1 heterocycles. The molecular formula is C20H23N4O2S. The van der Waals surface area contributed by atoms with E-state index in [-0.39, 0.29) is 5.75 Å². The maximum atomic E-state index is 9.97. The molecule has 1 aromatic heterocycles. The molecule has 0 unspecified atom stereocenters. The van der Waals surface area contributed by atoms with E-state index in [1.165, 1.54) is 5.56 Å². The minimum atomic E-state index is 0.184. The fourth-order valence-corrected chi connectivity index (χ4v) is 3.43. The molecule has 141 valence electrons. The first-order chi connectivity index (χ1) is 13.3. The number of benzene rings is 2. The average molecular weight is 383 g/mol. The van der Waals surface area contributed by atoms with Crippen LogP contribution in [-0.4, -0.2) is 31.5 Å². The van der Waals surface area contributed by atoms with Crippen molar-refractivity contribution < 1.29 is 9.84 Å². The lowest BCUT2D eigenvalue weighted by molar-refractivity contribution is 0.300. The number of ether oxygens (including phenoxy) is 1. The largest absolute Gasteiger partial charge is 0.507 e. The van der Waals surface area contributed by atoms with Crippen molar-refractivity contribution in [3.8, 4) is 11.5 Å². The molecule has 7 heteroatoms. The van der Waals surface area contributed by atoms with Crippen LogP contribution in [0.4, 0.5) is 0 Å². The number of hydrogen-bond donors (Lipinski definition) is 2. The summed E-state index contributed by atoms with van der Waals surface area (Å²) in [5, 5.41) is 24.4. The molecule has 3 aromatic rings. The second kappa shape index (κ2) is 9.97. The maximum absolute atomic E-state index is 9.97. The second-order valence-electron chi connectivity index (χ2n) is 6.18. The van der Waals surface area contributed by atoms with E-state index in [2.05, 4.69) is 57.9 Å². The van der Waals surface area contributed by atoms with E-state index in [9.17, 15) is 5.11 Å². The van der Waals surface area contributed by atoms with Crippen LogP contribution in [0.25, 0.3) is 0 Å². The van der Waals surface area contributed by atoms with E-state index in [1.807, 2.05) is 6.07 Å². The van der Waals surface area contributed by atoms with Gasteiger partial charge in [-0.2, -0.15) is 0 Å². The van der Waals surface area contributed by atoms with Gasteiger partial charge in [-0.05, 0) is 52.9 Å². The first-order valence-corrected chi connectivity index (χ1v) is 10.0. The number of aryl methyl sites for hydroxylation is 1. The summed E-state index contributed by atoms with van der Waals surface area (Å²) in [4.78, 5) is 0. The molecule has 0 saturated carbocycles. The number of phenolic OH excluding ortho intramolecular Hbond substituents is 1. The van der Waals surface area contributed by atoms with Crippen molar-refractivity contribution in [2.75, 3.05) is 5.75 Å². The summed E-state index contributed by atoms with van der Waals surface area (Å²) in [7, 11) is 0. The highest BCUT2D eigenvalue weighted by Gasteiger charge is 2.08. The summed E-state index contributed by atoms with van der Waals surface area (Å²) in [6, 6.07) is 14.9.